The molecule has 34 heavy (non-hydrogen) atoms. The molecular formula is C24H22ClF3N4O2. The van der Waals surface area contributed by atoms with Crippen molar-refractivity contribution in [1.82, 2.24) is 4.98 Å². The van der Waals surface area contributed by atoms with Crippen LogP contribution in [0.2, 0.25) is 5.15 Å². The first kappa shape index (κ1) is 23.8. The van der Waals surface area contributed by atoms with Crippen LogP contribution in [-0.2, 0) is 10.9 Å². The molecule has 2 heterocycles. The fraction of sp³-hybridized carbons (Fsp3) is 0.250. The monoisotopic (exact) mass is 490 g/mol. The van der Waals surface area contributed by atoms with Gasteiger partial charge in [-0.05, 0) is 55.0 Å². The summed E-state index contributed by atoms with van der Waals surface area (Å²) in [5.74, 6) is -0.377. The Hall–Kier alpha value is -3.30. The second kappa shape index (κ2) is 9.90. The first-order valence-corrected chi connectivity index (χ1v) is 10.9. The van der Waals surface area contributed by atoms with Crippen LogP contribution in [0.15, 0.2) is 54.7 Å². The standard InChI is InChI=1S/C24H22ClF3N4O2/c1-15-2-4-18(13-21(15)31-23(33)16-3-5-22(25)29-14-16)30-19-10-17(24(26,27)28)11-20(12-19)32-6-8-34-9-7-32/h2-5,10-14,30H,6-9H2,1H3,(H,31,33). The first-order valence-electron chi connectivity index (χ1n) is 10.5. The highest BCUT2D eigenvalue weighted by molar-refractivity contribution is 6.29. The van der Waals surface area contributed by atoms with Gasteiger partial charge in [-0.1, -0.05) is 17.7 Å². The number of alkyl halides is 3. The molecule has 2 N–H and O–H groups in total. The van der Waals surface area contributed by atoms with Gasteiger partial charge in [0.2, 0.25) is 0 Å². The number of benzene rings is 2. The Morgan fingerprint density at radius 3 is 2.50 bits per heavy atom. The van der Waals surface area contributed by atoms with E-state index in [0.717, 1.165) is 17.7 Å². The lowest BCUT2D eigenvalue weighted by Crippen LogP contribution is -2.36. The fourth-order valence-corrected chi connectivity index (χ4v) is 3.67. The quantitative estimate of drug-likeness (QED) is 0.436. The van der Waals surface area contributed by atoms with Gasteiger partial charge >= 0.3 is 6.18 Å². The van der Waals surface area contributed by atoms with Crippen LogP contribution in [0.3, 0.4) is 0 Å². The highest BCUT2D eigenvalue weighted by Crippen LogP contribution is 2.36. The molecule has 0 spiro atoms. The minimum absolute atomic E-state index is 0.275. The molecule has 1 aromatic heterocycles. The van der Waals surface area contributed by atoms with E-state index in [1.165, 1.54) is 12.3 Å². The van der Waals surface area contributed by atoms with Gasteiger partial charge in [-0.25, -0.2) is 4.98 Å². The largest absolute Gasteiger partial charge is 0.416 e. The van der Waals surface area contributed by atoms with Crippen LogP contribution in [0.25, 0.3) is 0 Å². The average molecular weight is 491 g/mol. The number of anilines is 4. The molecule has 0 radical (unpaired) electrons. The fourth-order valence-electron chi connectivity index (χ4n) is 3.56. The van der Waals surface area contributed by atoms with Gasteiger partial charge < -0.3 is 20.3 Å². The third-order valence-corrected chi connectivity index (χ3v) is 5.61. The summed E-state index contributed by atoms with van der Waals surface area (Å²) in [5, 5.41) is 6.13. The average Bonchev–Trinajstić information content (AvgIpc) is 2.81. The third kappa shape index (κ3) is 5.78. The number of halogens is 4. The molecule has 1 saturated heterocycles. The summed E-state index contributed by atoms with van der Waals surface area (Å²) in [7, 11) is 0. The van der Waals surface area contributed by atoms with E-state index in [1.807, 2.05) is 11.8 Å². The normalized spacial score (nSPS) is 14.1. The molecule has 0 bridgehead atoms. The summed E-state index contributed by atoms with van der Waals surface area (Å²) < 4.78 is 46.0. The maximum Gasteiger partial charge on any atom is 0.416 e. The lowest BCUT2D eigenvalue weighted by Gasteiger charge is -2.30. The van der Waals surface area contributed by atoms with Crippen LogP contribution >= 0.6 is 11.6 Å². The first-order chi connectivity index (χ1) is 16.2. The molecule has 6 nitrogen and oxygen atoms in total. The van der Waals surface area contributed by atoms with E-state index in [9.17, 15) is 18.0 Å². The zero-order chi connectivity index (χ0) is 24.3. The van der Waals surface area contributed by atoms with Gasteiger partial charge in [0.1, 0.15) is 5.15 Å². The predicted molar refractivity (Wildman–Crippen MR) is 126 cm³/mol. The third-order valence-electron chi connectivity index (χ3n) is 5.39. The van der Waals surface area contributed by atoms with Crippen molar-refractivity contribution in [2.24, 2.45) is 0 Å². The number of carbonyl (C=O) groups is 1. The molecule has 0 unspecified atom stereocenters. The smallest absolute Gasteiger partial charge is 0.378 e. The van der Waals surface area contributed by atoms with Crippen LogP contribution < -0.4 is 15.5 Å². The van der Waals surface area contributed by atoms with Crippen molar-refractivity contribution in [2.75, 3.05) is 41.8 Å². The Morgan fingerprint density at radius 2 is 1.82 bits per heavy atom. The van der Waals surface area contributed by atoms with Crippen molar-refractivity contribution >= 4 is 40.3 Å². The summed E-state index contributed by atoms with van der Waals surface area (Å²) >= 11 is 5.77. The molecular weight excluding hydrogens is 469 g/mol. The molecule has 2 aromatic carbocycles. The number of nitrogens with one attached hydrogen (secondary N) is 2. The molecule has 4 rings (SSSR count). The lowest BCUT2D eigenvalue weighted by molar-refractivity contribution is -0.137. The van der Waals surface area contributed by atoms with Crippen LogP contribution in [0.1, 0.15) is 21.5 Å². The Kier molecular flexibility index (Phi) is 6.95. The number of hydrogen-bond acceptors (Lipinski definition) is 5. The number of aromatic nitrogens is 1. The van der Waals surface area contributed by atoms with Crippen molar-refractivity contribution in [3.63, 3.8) is 0 Å². The van der Waals surface area contributed by atoms with Crippen molar-refractivity contribution in [3.8, 4) is 0 Å². The topological polar surface area (TPSA) is 66.5 Å². The number of pyridine rings is 1. The molecule has 1 amide bonds. The van der Waals surface area contributed by atoms with Crippen molar-refractivity contribution in [3.05, 3.63) is 76.6 Å². The van der Waals surface area contributed by atoms with Crippen molar-refractivity contribution in [1.29, 1.82) is 0 Å². The molecule has 0 atom stereocenters. The molecule has 0 aliphatic carbocycles. The zero-order valence-electron chi connectivity index (χ0n) is 18.2. The number of morpholine rings is 1. The number of hydrogen-bond donors (Lipinski definition) is 2. The Balaban J connectivity index is 1.59. The summed E-state index contributed by atoms with van der Waals surface area (Å²) in [6.45, 7) is 3.77. The second-order valence-electron chi connectivity index (χ2n) is 7.84. The highest BCUT2D eigenvalue weighted by atomic mass is 35.5. The Bertz CT molecular complexity index is 1180. The van der Waals surface area contributed by atoms with E-state index in [-0.39, 0.29) is 11.1 Å². The molecule has 1 fully saturated rings. The second-order valence-corrected chi connectivity index (χ2v) is 8.23. The Labute approximate surface area is 199 Å². The minimum atomic E-state index is -4.49. The van der Waals surface area contributed by atoms with Gasteiger partial charge in [0.15, 0.2) is 0 Å². The van der Waals surface area contributed by atoms with E-state index in [1.54, 1.807) is 30.3 Å². The summed E-state index contributed by atoms with van der Waals surface area (Å²) in [5.41, 5.74) is 2.19. The van der Waals surface area contributed by atoms with Gasteiger partial charge in [0, 0.05) is 42.0 Å². The maximum atomic E-state index is 13.6. The van der Waals surface area contributed by atoms with Crippen molar-refractivity contribution < 1.29 is 22.7 Å². The van der Waals surface area contributed by atoms with Crippen LogP contribution in [0.5, 0.6) is 0 Å². The molecule has 1 aliphatic rings. The van der Waals surface area contributed by atoms with Crippen LogP contribution in [0.4, 0.5) is 35.9 Å². The number of ether oxygens (including phenoxy) is 1. The number of nitrogens with zero attached hydrogens (tertiary/aromatic N) is 2. The summed E-state index contributed by atoms with van der Waals surface area (Å²) in [6, 6.07) is 12.2. The van der Waals surface area contributed by atoms with Gasteiger partial charge in [0.05, 0.1) is 24.3 Å². The Morgan fingerprint density at radius 1 is 1.06 bits per heavy atom. The zero-order valence-corrected chi connectivity index (χ0v) is 19.0. The number of carbonyl (C=O) groups excluding carboxylic acids is 1. The van der Waals surface area contributed by atoms with Gasteiger partial charge in [-0.2, -0.15) is 13.2 Å². The van der Waals surface area contributed by atoms with Crippen LogP contribution in [-0.4, -0.2) is 37.2 Å². The molecule has 178 valence electrons. The molecule has 10 heteroatoms. The van der Waals surface area contributed by atoms with Gasteiger partial charge in [0.25, 0.3) is 5.91 Å². The van der Waals surface area contributed by atoms with E-state index < -0.39 is 11.7 Å². The summed E-state index contributed by atoms with van der Waals surface area (Å²) in [4.78, 5) is 18.3. The minimum Gasteiger partial charge on any atom is -0.378 e. The van der Waals surface area contributed by atoms with Gasteiger partial charge in [-0.15, -0.1) is 0 Å². The van der Waals surface area contributed by atoms with E-state index in [0.29, 0.717) is 54.6 Å². The predicted octanol–water partition coefficient (Wildman–Crippen LogP) is 5.89. The summed E-state index contributed by atoms with van der Waals surface area (Å²) in [6.07, 6.45) is -3.12. The van der Waals surface area contributed by atoms with Crippen molar-refractivity contribution in [2.45, 2.75) is 13.1 Å². The van der Waals surface area contributed by atoms with Gasteiger partial charge in [-0.3, -0.25) is 4.79 Å². The highest BCUT2D eigenvalue weighted by Gasteiger charge is 2.32. The van der Waals surface area contributed by atoms with Crippen LogP contribution in [0, 0.1) is 6.92 Å². The number of rotatable bonds is 5. The number of aryl methyl sites for hydroxylation is 1. The van der Waals surface area contributed by atoms with E-state index in [2.05, 4.69) is 15.6 Å². The molecule has 0 saturated carbocycles. The lowest BCUT2D eigenvalue weighted by atomic mass is 10.1. The number of amides is 1. The van der Waals surface area contributed by atoms with E-state index in [4.69, 9.17) is 16.3 Å². The SMILES string of the molecule is Cc1ccc(Nc2cc(N3CCOCC3)cc(C(F)(F)F)c2)cc1NC(=O)c1ccc(Cl)nc1. The molecule has 1 aliphatic heterocycles. The van der Waals surface area contributed by atoms with E-state index >= 15 is 0 Å². The molecule has 3 aromatic rings. The maximum absolute atomic E-state index is 13.6.